The van der Waals surface area contributed by atoms with Gasteiger partial charge in [-0.2, -0.15) is 0 Å². The van der Waals surface area contributed by atoms with E-state index in [1.165, 1.54) is 6.92 Å². The number of nitrogens with zero attached hydrogens (tertiary/aromatic N) is 1. The molecule has 2 amide bonds. The fourth-order valence-electron chi connectivity index (χ4n) is 1.54. The molecule has 0 spiro atoms. The molecule has 0 aliphatic heterocycles. The molecule has 0 atom stereocenters. The lowest BCUT2D eigenvalue weighted by Crippen LogP contribution is -2.20. The minimum Gasteiger partial charge on any atom is -0.308 e. The number of hydrogen-bond acceptors (Lipinski definition) is 3. The van der Waals surface area contributed by atoms with Crippen molar-refractivity contribution in [1.29, 1.82) is 0 Å². The van der Waals surface area contributed by atoms with Crippen LogP contribution in [-0.4, -0.2) is 16.8 Å². The van der Waals surface area contributed by atoms with Crippen molar-refractivity contribution in [2.45, 2.75) is 6.92 Å². The van der Waals surface area contributed by atoms with E-state index in [9.17, 15) is 9.59 Å². The summed E-state index contributed by atoms with van der Waals surface area (Å²) in [5.74, 6) is 0.333. The first kappa shape index (κ1) is 14.0. The van der Waals surface area contributed by atoms with Crippen molar-refractivity contribution in [3.8, 4) is 0 Å². The number of Topliss-reactive ketones (excluding diaryl/α,β-unsaturated/α-hetero) is 1. The first-order valence-electron chi connectivity index (χ1n) is 5.86. The molecular formula is C14H12ClN3O2. The van der Waals surface area contributed by atoms with Crippen molar-refractivity contribution >= 4 is 34.9 Å². The molecule has 102 valence electrons. The average molecular weight is 290 g/mol. The van der Waals surface area contributed by atoms with E-state index in [2.05, 4.69) is 15.6 Å². The Kier molecular flexibility index (Phi) is 4.32. The number of anilines is 2. The summed E-state index contributed by atoms with van der Waals surface area (Å²) in [6.45, 7) is 1.49. The van der Waals surface area contributed by atoms with Gasteiger partial charge in [-0.1, -0.05) is 17.7 Å². The molecule has 2 rings (SSSR count). The number of rotatable bonds is 3. The van der Waals surface area contributed by atoms with E-state index in [1.54, 1.807) is 42.5 Å². The van der Waals surface area contributed by atoms with Crippen LogP contribution in [0.2, 0.25) is 5.15 Å². The summed E-state index contributed by atoms with van der Waals surface area (Å²) in [6.07, 6.45) is 0. The van der Waals surface area contributed by atoms with Crippen LogP contribution in [0.3, 0.4) is 0 Å². The van der Waals surface area contributed by atoms with Crippen molar-refractivity contribution in [3.63, 3.8) is 0 Å². The highest BCUT2D eigenvalue weighted by Gasteiger charge is 2.05. The minimum atomic E-state index is -0.435. The lowest BCUT2D eigenvalue weighted by molar-refractivity contribution is 0.101. The minimum absolute atomic E-state index is 0.0240. The van der Waals surface area contributed by atoms with Crippen molar-refractivity contribution in [3.05, 3.63) is 53.2 Å². The smallest absolute Gasteiger partial charge is 0.308 e. The molecule has 5 nitrogen and oxygen atoms in total. The Balaban J connectivity index is 1.99. The standard InChI is InChI=1S/C14H12ClN3O2/c1-9(19)10-5-7-11(8-6-10)16-14(20)18-13-4-2-3-12(15)17-13/h2-8H,1H3,(H2,16,17,18,20). The number of benzene rings is 1. The van der Waals surface area contributed by atoms with Gasteiger partial charge in [0.1, 0.15) is 11.0 Å². The Morgan fingerprint density at radius 1 is 1.05 bits per heavy atom. The number of hydrogen-bond donors (Lipinski definition) is 2. The lowest BCUT2D eigenvalue weighted by Gasteiger charge is -2.07. The highest BCUT2D eigenvalue weighted by molar-refractivity contribution is 6.29. The monoisotopic (exact) mass is 289 g/mol. The van der Waals surface area contributed by atoms with Crippen molar-refractivity contribution in [2.75, 3.05) is 10.6 Å². The lowest BCUT2D eigenvalue weighted by atomic mass is 10.1. The zero-order valence-electron chi connectivity index (χ0n) is 10.7. The second-order valence-electron chi connectivity index (χ2n) is 4.06. The second-order valence-corrected chi connectivity index (χ2v) is 4.45. The summed E-state index contributed by atoms with van der Waals surface area (Å²) >= 11 is 5.72. The highest BCUT2D eigenvalue weighted by atomic mass is 35.5. The number of nitrogens with one attached hydrogen (secondary N) is 2. The Morgan fingerprint density at radius 3 is 2.35 bits per heavy atom. The molecule has 0 aliphatic rings. The van der Waals surface area contributed by atoms with Crippen LogP contribution in [-0.2, 0) is 0 Å². The van der Waals surface area contributed by atoms with Crippen LogP contribution in [0, 0.1) is 0 Å². The first-order valence-corrected chi connectivity index (χ1v) is 6.24. The summed E-state index contributed by atoms with van der Waals surface area (Å²) in [6, 6.07) is 11.1. The molecule has 1 heterocycles. The molecule has 2 aromatic rings. The molecule has 20 heavy (non-hydrogen) atoms. The molecule has 0 unspecified atom stereocenters. The van der Waals surface area contributed by atoms with E-state index in [0.29, 0.717) is 22.2 Å². The molecule has 2 N–H and O–H groups in total. The van der Waals surface area contributed by atoms with Gasteiger partial charge in [0.05, 0.1) is 0 Å². The van der Waals surface area contributed by atoms with Crippen LogP contribution < -0.4 is 10.6 Å². The highest BCUT2D eigenvalue weighted by Crippen LogP contribution is 2.12. The zero-order valence-corrected chi connectivity index (χ0v) is 11.4. The van der Waals surface area contributed by atoms with Gasteiger partial charge in [-0.3, -0.25) is 10.1 Å². The van der Waals surface area contributed by atoms with Crippen LogP contribution >= 0.6 is 11.6 Å². The van der Waals surface area contributed by atoms with E-state index in [0.717, 1.165) is 0 Å². The van der Waals surface area contributed by atoms with Gasteiger partial charge in [-0.15, -0.1) is 0 Å². The summed E-state index contributed by atoms with van der Waals surface area (Å²) < 4.78 is 0. The number of carbonyl (C=O) groups excluding carboxylic acids is 2. The van der Waals surface area contributed by atoms with Gasteiger partial charge in [0, 0.05) is 11.3 Å². The summed E-state index contributed by atoms with van der Waals surface area (Å²) in [5.41, 5.74) is 1.17. The number of urea groups is 1. The summed E-state index contributed by atoms with van der Waals surface area (Å²) in [4.78, 5) is 26.8. The number of carbonyl (C=O) groups is 2. The predicted molar refractivity (Wildman–Crippen MR) is 78.3 cm³/mol. The third-order valence-electron chi connectivity index (χ3n) is 2.51. The molecule has 0 fully saturated rings. The fraction of sp³-hybridized carbons (Fsp3) is 0.0714. The maximum atomic E-state index is 11.7. The van der Waals surface area contributed by atoms with Gasteiger partial charge >= 0.3 is 6.03 Å². The average Bonchev–Trinajstić information content (AvgIpc) is 2.39. The Bertz CT molecular complexity index is 641. The van der Waals surface area contributed by atoms with Crippen LogP contribution in [0.15, 0.2) is 42.5 Å². The van der Waals surface area contributed by atoms with Crippen LogP contribution in [0.1, 0.15) is 17.3 Å². The van der Waals surface area contributed by atoms with Gasteiger partial charge in [0.15, 0.2) is 5.78 Å². The number of aromatic nitrogens is 1. The molecule has 0 bridgehead atoms. The largest absolute Gasteiger partial charge is 0.324 e. The first-order chi connectivity index (χ1) is 9.54. The number of ketones is 1. The molecular weight excluding hydrogens is 278 g/mol. The zero-order chi connectivity index (χ0) is 14.5. The van der Waals surface area contributed by atoms with Gasteiger partial charge < -0.3 is 5.32 Å². The van der Waals surface area contributed by atoms with E-state index in [-0.39, 0.29) is 5.78 Å². The normalized spacial score (nSPS) is 9.90. The van der Waals surface area contributed by atoms with Crippen molar-refractivity contribution in [1.82, 2.24) is 4.98 Å². The number of amides is 2. The van der Waals surface area contributed by atoms with Gasteiger partial charge in [0.25, 0.3) is 0 Å². The van der Waals surface area contributed by atoms with Crippen LogP contribution in [0.4, 0.5) is 16.3 Å². The Labute approximate surface area is 121 Å². The predicted octanol–water partition coefficient (Wildman–Crippen LogP) is 3.58. The van der Waals surface area contributed by atoms with Gasteiger partial charge in [-0.25, -0.2) is 9.78 Å². The fourth-order valence-corrected chi connectivity index (χ4v) is 1.71. The molecule has 0 saturated carbocycles. The molecule has 1 aromatic carbocycles. The molecule has 0 radical (unpaired) electrons. The number of halogens is 1. The summed E-state index contributed by atoms with van der Waals surface area (Å²) in [7, 11) is 0. The van der Waals surface area contributed by atoms with Gasteiger partial charge in [0.2, 0.25) is 0 Å². The van der Waals surface area contributed by atoms with E-state index < -0.39 is 6.03 Å². The van der Waals surface area contributed by atoms with E-state index in [1.807, 2.05) is 0 Å². The SMILES string of the molecule is CC(=O)c1ccc(NC(=O)Nc2cccc(Cl)n2)cc1. The quantitative estimate of drug-likeness (QED) is 0.670. The van der Waals surface area contributed by atoms with Crippen LogP contribution in [0.5, 0.6) is 0 Å². The third kappa shape index (κ3) is 3.80. The maximum Gasteiger partial charge on any atom is 0.324 e. The van der Waals surface area contributed by atoms with Crippen molar-refractivity contribution in [2.24, 2.45) is 0 Å². The van der Waals surface area contributed by atoms with E-state index >= 15 is 0 Å². The van der Waals surface area contributed by atoms with Gasteiger partial charge in [-0.05, 0) is 43.3 Å². The molecule has 0 aliphatic carbocycles. The second kappa shape index (κ2) is 6.16. The maximum absolute atomic E-state index is 11.7. The van der Waals surface area contributed by atoms with Crippen molar-refractivity contribution < 1.29 is 9.59 Å². The number of pyridine rings is 1. The topological polar surface area (TPSA) is 71.1 Å². The molecule has 0 saturated heterocycles. The molecule has 1 aromatic heterocycles. The Morgan fingerprint density at radius 2 is 1.75 bits per heavy atom. The summed E-state index contributed by atoms with van der Waals surface area (Å²) in [5, 5.41) is 5.49. The Hall–Kier alpha value is -2.40. The third-order valence-corrected chi connectivity index (χ3v) is 2.72. The van der Waals surface area contributed by atoms with Crippen LogP contribution in [0.25, 0.3) is 0 Å². The molecule has 6 heteroatoms. The van der Waals surface area contributed by atoms with E-state index in [4.69, 9.17) is 11.6 Å².